The smallest absolute Gasteiger partial charge is 0.348 e. The number of amides is 1. The SMILES string of the molecule is CCOC(=O)C(C#N)=C1C[C@]2(C)CC[C@]2(C)C1.CCOC(=O)CC1(C#N)C[C@]2(C)CC[C@]2(C)C1.C[C@@]12CCC[C@]1(C)CC2.C[C@@]12CC[C@]1(C)CC(=O)C2.C[C@@]12CC[C@]1(C)CC(CN)(CC(=O)O)C2.C[C@@]12CC[C@]1(C)CC1(CNC(=O)C1)C2.N#CCCC#N. The van der Waals surface area contributed by atoms with Crippen molar-refractivity contribution in [2.24, 2.45) is 87.0 Å². The molecule has 1 heterocycles. The zero-order valence-corrected chi connectivity index (χ0v) is 57.2. The van der Waals surface area contributed by atoms with E-state index in [1.165, 1.54) is 109 Å². The number of unbranched alkanes of at least 4 members (excludes halogenated alkanes) is 1. The van der Waals surface area contributed by atoms with Crippen LogP contribution in [0, 0.1) is 127 Å². The molecule has 12 aliphatic carbocycles. The van der Waals surface area contributed by atoms with E-state index in [2.05, 4.69) is 94.5 Å². The molecule has 0 aromatic rings. The second-order valence-corrected chi connectivity index (χ2v) is 34.6. The molecule has 1 spiro atoms. The molecule has 1 amide bonds. The minimum atomic E-state index is -0.700. The van der Waals surface area contributed by atoms with E-state index in [0.717, 1.165) is 80.7 Å². The van der Waals surface area contributed by atoms with Crippen LogP contribution < -0.4 is 11.1 Å². The third kappa shape index (κ3) is 12.9. The normalized spacial score (nSPS) is 44.9. The second-order valence-electron chi connectivity index (χ2n) is 34.6. The molecule has 488 valence electrons. The summed E-state index contributed by atoms with van der Waals surface area (Å²) in [6, 6.07) is 8.15. The number of nitriles is 4. The molecule has 12 saturated carbocycles. The van der Waals surface area contributed by atoms with Crippen LogP contribution in [0.5, 0.6) is 0 Å². The molecule has 13 aliphatic rings. The van der Waals surface area contributed by atoms with E-state index in [1.807, 2.05) is 18.2 Å². The minimum absolute atomic E-state index is 0.133. The lowest BCUT2D eigenvalue weighted by atomic mass is 9.53. The molecule has 3 unspecified atom stereocenters. The summed E-state index contributed by atoms with van der Waals surface area (Å²) in [7, 11) is 0. The first kappa shape index (κ1) is 70.7. The first-order chi connectivity index (χ1) is 40.8. The van der Waals surface area contributed by atoms with Crippen molar-refractivity contribution in [2.75, 3.05) is 26.3 Å². The molecule has 15 atom stereocenters. The van der Waals surface area contributed by atoms with Crippen molar-refractivity contribution in [1.82, 2.24) is 5.32 Å². The molecule has 0 radical (unpaired) electrons. The Morgan fingerprint density at radius 3 is 1.19 bits per heavy atom. The molecule has 0 bridgehead atoms. The highest BCUT2D eigenvalue weighted by Gasteiger charge is 2.67. The van der Waals surface area contributed by atoms with Crippen LogP contribution in [0.3, 0.4) is 0 Å². The Morgan fingerprint density at radius 1 is 0.511 bits per heavy atom. The molecule has 13 fully saturated rings. The number of esters is 2. The lowest BCUT2D eigenvalue weighted by Gasteiger charge is -2.52. The minimum Gasteiger partial charge on any atom is -0.481 e. The third-order valence-corrected chi connectivity index (χ3v) is 28.9. The predicted octanol–water partition coefficient (Wildman–Crippen LogP) is 16.1. The molecule has 14 nitrogen and oxygen atoms in total. The number of fused-ring (bicyclic) bond motifs is 6. The summed E-state index contributed by atoms with van der Waals surface area (Å²) in [4.78, 5) is 56.7. The molecule has 13 rings (SSSR count). The Labute approximate surface area is 530 Å². The van der Waals surface area contributed by atoms with Crippen LogP contribution in [0.1, 0.15) is 290 Å². The third-order valence-electron chi connectivity index (χ3n) is 28.9. The first-order valence-corrected chi connectivity index (χ1v) is 34.1. The van der Waals surface area contributed by atoms with Gasteiger partial charge in [0, 0.05) is 38.6 Å². The number of allylic oxidation sites excluding steroid dienone is 1. The van der Waals surface area contributed by atoms with Gasteiger partial charge in [-0.1, -0.05) is 89.5 Å². The monoisotopic (exact) mass is 1210 g/mol. The Hall–Kier alpha value is -4.79. The summed E-state index contributed by atoms with van der Waals surface area (Å²) in [6.45, 7) is 33.7. The Morgan fingerprint density at radius 2 is 0.898 bits per heavy atom. The number of ketones is 1. The number of hydrogen-bond donors (Lipinski definition) is 3. The van der Waals surface area contributed by atoms with Gasteiger partial charge in [0.05, 0.1) is 49.7 Å². The van der Waals surface area contributed by atoms with E-state index in [4.69, 9.17) is 36.1 Å². The Balaban J connectivity index is 0.000000149. The van der Waals surface area contributed by atoms with E-state index in [-0.39, 0.29) is 57.4 Å². The summed E-state index contributed by atoms with van der Waals surface area (Å²) < 4.78 is 9.94. The fourth-order valence-corrected chi connectivity index (χ4v) is 20.7. The Bertz CT molecular complexity index is 2790. The van der Waals surface area contributed by atoms with Crippen molar-refractivity contribution >= 4 is 29.6 Å². The average molecular weight is 1220 g/mol. The number of carboxylic acids is 1. The van der Waals surface area contributed by atoms with E-state index in [9.17, 15) is 29.2 Å². The molecule has 0 aromatic heterocycles. The van der Waals surface area contributed by atoms with Crippen LogP contribution in [0.2, 0.25) is 0 Å². The highest BCUT2D eigenvalue weighted by molar-refractivity contribution is 5.94. The van der Waals surface area contributed by atoms with E-state index in [0.29, 0.717) is 76.3 Å². The maximum absolute atomic E-state index is 11.7. The van der Waals surface area contributed by atoms with Crippen molar-refractivity contribution in [3.63, 3.8) is 0 Å². The molecule has 1 aliphatic heterocycles. The number of nitrogens with one attached hydrogen (secondary N) is 1. The molecular weight excluding hydrogens is 1100 g/mol. The number of hydrogen-bond acceptors (Lipinski definition) is 12. The van der Waals surface area contributed by atoms with Gasteiger partial charge >= 0.3 is 17.9 Å². The van der Waals surface area contributed by atoms with Crippen molar-refractivity contribution in [2.45, 2.75) is 290 Å². The molecular formula is C74H114N6O8. The molecule has 14 heteroatoms. The zero-order valence-electron chi connectivity index (χ0n) is 57.2. The number of nitrogens with zero attached hydrogens (tertiary/aromatic N) is 4. The van der Waals surface area contributed by atoms with Crippen LogP contribution >= 0.6 is 0 Å². The summed E-state index contributed by atoms with van der Waals surface area (Å²) in [5, 5.41) is 46.2. The molecule has 88 heavy (non-hydrogen) atoms. The molecule has 4 N–H and O–H groups in total. The van der Waals surface area contributed by atoms with Gasteiger partial charge in [-0.15, -0.1) is 0 Å². The van der Waals surface area contributed by atoms with E-state index < -0.39 is 17.4 Å². The topological polar surface area (TPSA) is 257 Å². The van der Waals surface area contributed by atoms with Crippen LogP contribution in [0.15, 0.2) is 11.1 Å². The van der Waals surface area contributed by atoms with Gasteiger partial charge in [0.25, 0.3) is 0 Å². The second kappa shape index (κ2) is 25.0. The van der Waals surface area contributed by atoms with Crippen molar-refractivity contribution in [3.05, 3.63) is 11.1 Å². The van der Waals surface area contributed by atoms with Gasteiger partial charge in [0.2, 0.25) is 5.91 Å². The van der Waals surface area contributed by atoms with Crippen LogP contribution in [-0.4, -0.2) is 61.0 Å². The summed E-state index contributed by atoms with van der Waals surface area (Å²) in [5.41, 5.74) is 12.0. The molecule has 0 aromatic carbocycles. The number of aliphatic carboxylic acids is 1. The number of carboxylic acid groups (broad SMARTS) is 1. The quantitative estimate of drug-likeness (QED) is 0.0841. The zero-order chi connectivity index (χ0) is 65.5. The van der Waals surface area contributed by atoms with Crippen LogP contribution in [-0.2, 0) is 33.4 Å². The number of Topliss-reactive ketones (excluding diaryl/α,β-unsaturated/α-hetero) is 1. The highest BCUT2D eigenvalue weighted by atomic mass is 16.5. The van der Waals surface area contributed by atoms with Gasteiger partial charge in [-0.3, -0.25) is 19.2 Å². The van der Waals surface area contributed by atoms with E-state index in [1.54, 1.807) is 13.8 Å². The summed E-state index contributed by atoms with van der Waals surface area (Å²) >= 11 is 0. The Kier molecular flexibility index (Phi) is 20.1. The average Bonchev–Trinajstić information content (AvgIpc) is 1.67. The lowest BCUT2D eigenvalue weighted by Crippen LogP contribution is -2.42. The van der Waals surface area contributed by atoms with Crippen molar-refractivity contribution < 1.29 is 38.6 Å². The maximum Gasteiger partial charge on any atom is 0.348 e. The van der Waals surface area contributed by atoms with Crippen LogP contribution in [0.4, 0.5) is 0 Å². The van der Waals surface area contributed by atoms with Gasteiger partial charge in [-0.25, -0.2) is 4.79 Å². The first-order valence-electron chi connectivity index (χ1n) is 34.1. The number of carbonyl (C=O) groups is 5. The van der Waals surface area contributed by atoms with Crippen molar-refractivity contribution in [3.8, 4) is 24.3 Å². The van der Waals surface area contributed by atoms with Gasteiger partial charge < -0.3 is 25.6 Å². The lowest BCUT2D eigenvalue weighted by molar-refractivity contribution is -0.145. The standard InChI is InChI=1S/C14H21NO2.C14H19NO2.C12H21NO2.C12H19NO.C9H14O.C9H16.C4H4N2/c1-4-17-11(16)7-14(10-15)8-12(2)5-6-13(12,3)9-14;1-4-17-12(16)11(9-15)10-7-13(2)5-6-14(13,3)8-10;1-10-3-4-11(10,2)7-12(6-10,8-13)5-9(14)15;1-10-3-4-11(10,2)7-12(6-10)5-9(14)13-8-12;1-8-3-4-9(8,2)6-7(10)5-8;1-8-4-3-5-9(8,2)7-6-8;5-3-1-2-4-6/h4-9H2,1-3H3;4-8H2,1-3H3;3-8,13H2,1-2H3,(H,14,15);3-8H2,1-2H3,(H,13,14);3-6H2,1-2H3;3-7H2,1-2H3;1-2H2/t12-,13+,14?;13-,14+;2*10-,11+,12?;2*8-,9+;. The number of ether oxygens (including phenoxy) is 2. The number of rotatable bonds is 9. The van der Waals surface area contributed by atoms with E-state index >= 15 is 0 Å². The van der Waals surface area contributed by atoms with Crippen LogP contribution in [0.25, 0.3) is 0 Å². The number of nitrogens with two attached hydrogens (primary N) is 1. The maximum atomic E-state index is 11.7. The summed E-state index contributed by atoms with van der Waals surface area (Å²) in [5.74, 6) is -0.601. The van der Waals surface area contributed by atoms with Crippen molar-refractivity contribution in [1.29, 1.82) is 21.0 Å². The van der Waals surface area contributed by atoms with Gasteiger partial charge in [0.15, 0.2) is 0 Å². The largest absolute Gasteiger partial charge is 0.481 e. The molecule has 1 saturated heterocycles. The number of carbonyl (C=O) groups excluding carboxylic acids is 4. The van der Waals surface area contributed by atoms with Gasteiger partial charge in [-0.2, -0.15) is 21.0 Å². The van der Waals surface area contributed by atoms with Gasteiger partial charge in [-0.05, 0) is 243 Å². The fourth-order valence-electron chi connectivity index (χ4n) is 20.7. The fraction of sp³-hybridized carbons (Fsp3) is 0.851. The highest BCUT2D eigenvalue weighted by Crippen LogP contribution is 2.75. The summed E-state index contributed by atoms with van der Waals surface area (Å²) in [6.07, 6.45) is 31.8. The van der Waals surface area contributed by atoms with Gasteiger partial charge in [0.1, 0.15) is 17.4 Å². The predicted molar refractivity (Wildman–Crippen MR) is 341 cm³/mol.